The smallest absolute Gasteiger partial charge is 0.862 e. The maximum Gasteiger partial charge on any atom is 1.00 e. The fraction of sp³-hybridized carbons (Fsp3) is 0.200. The van der Waals surface area contributed by atoms with Gasteiger partial charge in [0, 0.05) is 6.42 Å². The van der Waals surface area contributed by atoms with Crippen LogP contribution in [0.3, 0.4) is 0 Å². The second-order valence-electron chi connectivity index (χ2n) is 4.39. The van der Waals surface area contributed by atoms with Crippen molar-refractivity contribution < 1.29 is 66.4 Å². The van der Waals surface area contributed by atoms with Crippen LogP contribution >= 0.6 is 0 Å². The number of carbonyl (C=O) groups is 1. The molecule has 0 bridgehead atoms. The quantitative estimate of drug-likeness (QED) is 0.429. The average molecular weight is 295 g/mol. The van der Waals surface area contributed by atoms with Crippen LogP contribution in [-0.4, -0.2) is 23.0 Å². The fourth-order valence-corrected chi connectivity index (χ4v) is 2.00. The van der Waals surface area contributed by atoms with E-state index in [1.54, 1.807) is 0 Å². The Bertz CT molecular complexity index is 636. The zero-order chi connectivity index (χ0) is 13.8. The summed E-state index contributed by atoms with van der Waals surface area (Å²) in [6.45, 7) is 1.26. The summed E-state index contributed by atoms with van der Waals surface area (Å²) in [6, 6.07) is 12.6. The standard InChI is InChI=1S/C15H15NO3.K/c1-10(17)16-14(15(18)19)9-11-6-7-12-4-2-3-5-13(12)8-11;/h2-8,14H,9H2,1H3,(H,16,17)(H,18,19);/q;+1/p-1. The number of carboxylic acids is 1. The molecule has 2 aromatic carbocycles. The molecule has 0 heterocycles. The molecule has 0 saturated heterocycles. The molecule has 0 aliphatic heterocycles. The second kappa shape index (κ2) is 7.90. The maximum atomic E-state index is 11.1. The summed E-state index contributed by atoms with van der Waals surface area (Å²) >= 11 is 0. The Morgan fingerprint density at radius 2 is 1.90 bits per heavy atom. The van der Waals surface area contributed by atoms with E-state index >= 15 is 0 Å². The van der Waals surface area contributed by atoms with Gasteiger partial charge in [0.2, 0.25) is 0 Å². The molecule has 1 unspecified atom stereocenters. The molecule has 0 amide bonds. The normalized spacial score (nSPS) is 12.8. The fourth-order valence-electron chi connectivity index (χ4n) is 2.00. The van der Waals surface area contributed by atoms with Crippen molar-refractivity contribution in [3.63, 3.8) is 0 Å². The van der Waals surface area contributed by atoms with Crippen LogP contribution in [0.2, 0.25) is 0 Å². The van der Waals surface area contributed by atoms with Crippen LogP contribution in [-0.2, 0) is 11.2 Å². The third-order valence-electron chi connectivity index (χ3n) is 2.87. The summed E-state index contributed by atoms with van der Waals surface area (Å²) in [6.07, 6.45) is 0.222. The molecule has 0 aromatic heterocycles. The largest absolute Gasteiger partial charge is 1.00 e. The van der Waals surface area contributed by atoms with Gasteiger partial charge in [-0.05, 0) is 29.2 Å². The zero-order valence-electron chi connectivity index (χ0n) is 11.5. The minimum Gasteiger partial charge on any atom is -0.862 e. The molecule has 0 aliphatic carbocycles. The van der Waals surface area contributed by atoms with Gasteiger partial charge in [0.05, 0.1) is 0 Å². The Kier molecular flexibility index (Phi) is 6.85. The molecule has 0 aliphatic rings. The van der Waals surface area contributed by atoms with Crippen LogP contribution in [0.1, 0.15) is 12.5 Å². The van der Waals surface area contributed by atoms with Gasteiger partial charge < -0.3 is 10.2 Å². The zero-order valence-corrected chi connectivity index (χ0v) is 14.7. The Balaban J connectivity index is 0.00000200. The predicted molar refractivity (Wildman–Crippen MR) is 72.2 cm³/mol. The summed E-state index contributed by atoms with van der Waals surface area (Å²) in [5, 5.41) is 22.1. The number of hydrogen-bond donors (Lipinski definition) is 1. The van der Waals surface area contributed by atoms with E-state index < -0.39 is 17.9 Å². The topological polar surface area (TPSA) is 72.7 Å². The van der Waals surface area contributed by atoms with E-state index in [1.807, 2.05) is 42.5 Å². The average Bonchev–Trinajstić information content (AvgIpc) is 2.37. The number of hydrogen-bond acceptors (Lipinski definition) is 3. The molecular formula is C15H14KNO3. The second-order valence-corrected chi connectivity index (χ2v) is 4.39. The van der Waals surface area contributed by atoms with Crippen molar-refractivity contribution in [3.8, 4) is 0 Å². The molecule has 5 heteroatoms. The number of benzene rings is 2. The van der Waals surface area contributed by atoms with Crippen molar-refractivity contribution in [1.29, 1.82) is 0 Å². The van der Waals surface area contributed by atoms with Crippen molar-refractivity contribution in [2.45, 2.75) is 19.4 Å². The van der Waals surface area contributed by atoms with E-state index in [0.29, 0.717) is 0 Å². The SMILES string of the molecule is CC([O-])=NC(Cc1ccc2ccccc2c1)C(=O)O.[K+]. The summed E-state index contributed by atoms with van der Waals surface area (Å²) in [7, 11) is 0. The minimum absolute atomic E-state index is 0. The van der Waals surface area contributed by atoms with Crippen molar-refractivity contribution in [3.05, 3.63) is 48.0 Å². The van der Waals surface area contributed by atoms with E-state index in [2.05, 4.69) is 4.99 Å². The third kappa shape index (κ3) is 4.68. The van der Waals surface area contributed by atoms with Crippen LogP contribution in [0.25, 0.3) is 10.8 Å². The summed E-state index contributed by atoms with van der Waals surface area (Å²) < 4.78 is 0. The molecule has 1 atom stereocenters. The molecule has 1 N–H and O–H groups in total. The molecule has 4 nitrogen and oxygen atoms in total. The van der Waals surface area contributed by atoms with Gasteiger partial charge in [-0.3, -0.25) is 4.99 Å². The van der Waals surface area contributed by atoms with Gasteiger partial charge in [0.1, 0.15) is 6.04 Å². The number of fused-ring (bicyclic) bond motifs is 1. The van der Waals surface area contributed by atoms with Gasteiger partial charge in [-0.1, -0.05) is 42.5 Å². The van der Waals surface area contributed by atoms with Gasteiger partial charge >= 0.3 is 57.4 Å². The van der Waals surface area contributed by atoms with Crippen LogP contribution in [0.15, 0.2) is 47.5 Å². The molecule has 2 rings (SSSR count). The van der Waals surface area contributed by atoms with Crippen molar-refractivity contribution >= 4 is 22.6 Å². The van der Waals surface area contributed by atoms with Gasteiger partial charge in [-0.25, -0.2) is 4.79 Å². The van der Waals surface area contributed by atoms with Crippen LogP contribution < -0.4 is 56.5 Å². The van der Waals surface area contributed by atoms with Crippen molar-refractivity contribution in [1.82, 2.24) is 0 Å². The summed E-state index contributed by atoms with van der Waals surface area (Å²) in [5.41, 5.74) is 0.858. The molecule has 0 spiro atoms. The van der Waals surface area contributed by atoms with Gasteiger partial charge in [-0.15, -0.1) is 0 Å². The molecular weight excluding hydrogens is 281 g/mol. The Morgan fingerprint density at radius 1 is 1.25 bits per heavy atom. The third-order valence-corrected chi connectivity index (χ3v) is 2.87. The van der Waals surface area contributed by atoms with Gasteiger partial charge in [0.25, 0.3) is 0 Å². The summed E-state index contributed by atoms with van der Waals surface area (Å²) in [5.74, 6) is -1.54. The van der Waals surface area contributed by atoms with Crippen LogP contribution in [0.4, 0.5) is 0 Å². The number of carboxylic acid groups (broad SMARTS) is 1. The van der Waals surface area contributed by atoms with Gasteiger partial charge in [-0.2, -0.15) is 0 Å². The van der Waals surface area contributed by atoms with E-state index in [4.69, 9.17) is 5.11 Å². The molecule has 0 saturated carbocycles. The maximum absolute atomic E-state index is 11.1. The molecule has 2 aromatic rings. The first kappa shape index (κ1) is 17.3. The first-order valence-corrected chi connectivity index (χ1v) is 5.98. The van der Waals surface area contributed by atoms with E-state index in [1.165, 1.54) is 6.92 Å². The Labute approximate surface area is 160 Å². The van der Waals surface area contributed by atoms with Crippen molar-refractivity contribution in [2.24, 2.45) is 4.99 Å². The molecule has 0 radical (unpaired) electrons. The number of aliphatic carboxylic acids is 1. The number of aliphatic imine (C=N–C) groups is 1. The van der Waals surface area contributed by atoms with Crippen LogP contribution in [0.5, 0.6) is 0 Å². The van der Waals surface area contributed by atoms with Crippen molar-refractivity contribution in [2.75, 3.05) is 0 Å². The van der Waals surface area contributed by atoms with E-state index in [-0.39, 0.29) is 57.8 Å². The van der Waals surface area contributed by atoms with E-state index in [0.717, 1.165) is 16.3 Å². The van der Waals surface area contributed by atoms with E-state index in [9.17, 15) is 9.90 Å². The Hall–Kier alpha value is -0.724. The van der Waals surface area contributed by atoms with Crippen LogP contribution in [0, 0.1) is 0 Å². The monoisotopic (exact) mass is 295 g/mol. The number of nitrogens with zero attached hydrogens (tertiary/aromatic N) is 1. The Morgan fingerprint density at radius 3 is 2.50 bits per heavy atom. The molecule has 98 valence electrons. The molecule has 0 fully saturated rings. The van der Waals surface area contributed by atoms with Gasteiger partial charge in [0.15, 0.2) is 0 Å². The summed E-state index contributed by atoms with van der Waals surface area (Å²) in [4.78, 5) is 14.7. The first-order valence-electron chi connectivity index (χ1n) is 5.98. The number of rotatable bonds is 4. The first-order chi connectivity index (χ1) is 9.06. The molecule has 20 heavy (non-hydrogen) atoms. The minimum atomic E-state index is -1.08. The predicted octanol–water partition coefficient (Wildman–Crippen LogP) is -1.38.